The van der Waals surface area contributed by atoms with E-state index >= 15 is 0 Å². The zero-order chi connectivity index (χ0) is 17.4. The number of methoxy groups -OCH3 is 1. The van der Waals surface area contributed by atoms with Gasteiger partial charge in [0, 0.05) is 25.2 Å². The van der Waals surface area contributed by atoms with Gasteiger partial charge in [0.15, 0.2) is 6.61 Å². The molecule has 0 unspecified atom stereocenters. The fourth-order valence-corrected chi connectivity index (χ4v) is 3.17. The number of para-hydroxylation sites is 1. The lowest BCUT2D eigenvalue weighted by molar-refractivity contribution is -0.149. The van der Waals surface area contributed by atoms with Gasteiger partial charge in [0.05, 0.1) is 17.4 Å². The van der Waals surface area contributed by atoms with Gasteiger partial charge in [-0.25, -0.2) is 0 Å². The molecular weight excluding hydrogens is 332 g/mol. The van der Waals surface area contributed by atoms with Crippen molar-refractivity contribution in [2.75, 3.05) is 32.2 Å². The van der Waals surface area contributed by atoms with E-state index in [1.807, 2.05) is 24.3 Å². The minimum atomic E-state index is -0.575. The van der Waals surface area contributed by atoms with Crippen LogP contribution in [0.15, 0.2) is 29.2 Å². The first-order valence-electron chi connectivity index (χ1n) is 7.58. The second-order valence-electron chi connectivity index (χ2n) is 5.15. The summed E-state index contributed by atoms with van der Waals surface area (Å²) in [5, 5.41) is 4.82. The SMILES string of the molecule is COCCCNC(=O)COC(=O)C[C@H]1Sc2ccccc2NC1=O. The number of ether oxygens (including phenoxy) is 2. The molecule has 7 nitrogen and oxygen atoms in total. The molecule has 1 aromatic rings. The first-order valence-corrected chi connectivity index (χ1v) is 8.46. The highest BCUT2D eigenvalue weighted by molar-refractivity contribution is 8.01. The van der Waals surface area contributed by atoms with Crippen LogP contribution in [0.25, 0.3) is 0 Å². The molecule has 0 fully saturated rings. The fourth-order valence-electron chi connectivity index (χ4n) is 2.08. The third-order valence-corrected chi connectivity index (χ3v) is 4.55. The fraction of sp³-hybridized carbons (Fsp3) is 0.438. The summed E-state index contributed by atoms with van der Waals surface area (Å²) in [4.78, 5) is 36.3. The maximum absolute atomic E-state index is 12.0. The summed E-state index contributed by atoms with van der Waals surface area (Å²) >= 11 is 1.32. The van der Waals surface area contributed by atoms with Crippen molar-refractivity contribution >= 4 is 35.2 Å². The van der Waals surface area contributed by atoms with E-state index in [-0.39, 0.29) is 24.8 Å². The Bertz CT molecular complexity index is 608. The molecule has 1 aromatic carbocycles. The summed E-state index contributed by atoms with van der Waals surface area (Å²) in [6.45, 7) is 0.666. The van der Waals surface area contributed by atoms with Crippen molar-refractivity contribution in [3.8, 4) is 0 Å². The van der Waals surface area contributed by atoms with Gasteiger partial charge >= 0.3 is 5.97 Å². The average molecular weight is 352 g/mol. The second kappa shape index (κ2) is 9.29. The summed E-state index contributed by atoms with van der Waals surface area (Å²) in [7, 11) is 1.58. The Morgan fingerprint density at radius 1 is 1.33 bits per heavy atom. The molecule has 2 amide bonds. The van der Waals surface area contributed by atoms with Crippen LogP contribution in [0.3, 0.4) is 0 Å². The van der Waals surface area contributed by atoms with Crippen LogP contribution in [0, 0.1) is 0 Å². The Labute approximate surface area is 144 Å². The zero-order valence-corrected chi connectivity index (χ0v) is 14.2. The van der Waals surface area contributed by atoms with Gasteiger partial charge in [-0.15, -0.1) is 11.8 Å². The molecule has 24 heavy (non-hydrogen) atoms. The topological polar surface area (TPSA) is 93.7 Å². The number of carbonyl (C=O) groups is 3. The summed E-state index contributed by atoms with van der Waals surface area (Å²) in [5.74, 6) is -1.18. The number of amides is 2. The van der Waals surface area contributed by atoms with Crippen LogP contribution in [0.4, 0.5) is 5.69 Å². The standard InChI is InChI=1S/C16H20N2O5S/c1-22-8-4-7-17-14(19)10-23-15(20)9-13-16(21)18-11-5-2-3-6-12(11)24-13/h2-3,5-6,13H,4,7-10H2,1H3,(H,17,19)(H,18,21)/t13-/m1/s1. The van der Waals surface area contributed by atoms with Crippen molar-refractivity contribution in [3.05, 3.63) is 24.3 Å². The molecule has 2 N–H and O–H groups in total. The van der Waals surface area contributed by atoms with Crippen LogP contribution >= 0.6 is 11.8 Å². The van der Waals surface area contributed by atoms with Gasteiger partial charge in [-0.05, 0) is 18.6 Å². The van der Waals surface area contributed by atoms with E-state index in [4.69, 9.17) is 9.47 Å². The molecule has 2 rings (SSSR count). The average Bonchev–Trinajstić information content (AvgIpc) is 2.57. The predicted octanol–water partition coefficient (Wildman–Crippen LogP) is 1.19. The Morgan fingerprint density at radius 2 is 2.12 bits per heavy atom. The Morgan fingerprint density at radius 3 is 2.92 bits per heavy atom. The quantitative estimate of drug-likeness (QED) is 0.539. The van der Waals surface area contributed by atoms with Crippen LogP contribution in [0.1, 0.15) is 12.8 Å². The van der Waals surface area contributed by atoms with Crippen molar-refractivity contribution in [3.63, 3.8) is 0 Å². The normalized spacial score (nSPS) is 16.0. The Balaban J connectivity index is 1.73. The molecule has 0 bridgehead atoms. The predicted molar refractivity (Wildman–Crippen MR) is 89.8 cm³/mol. The largest absolute Gasteiger partial charge is 0.456 e. The van der Waals surface area contributed by atoms with E-state index in [0.29, 0.717) is 19.6 Å². The van der Waals surface area contributed by atoms with Gasteiger partial charge in [-0.2, -0.15) is 0 Å². The van der Waals surface area contributed by atoms with Crippen molar-refractivity contribution < 1.29 is 23.9 Å². The summed E-state index contributed by atoms with van der Waals surface area (Å²) in [5.41, 5.74) is 0.743. The molecule has 8 heteroatoms. The number of carbonyl (C=O) groups excluding carboxylic acids is 3. The monoisotopic (exact) mass is 352 g/mol. The van der Waals surface area contributed by atoms with Crippen LogP contribution in [-0.2, 0) is 23.9 Å². The Hall–Kier alpha value is -2.06. The van der Waals surface area contributed by atoms with Crippen LogP contribution < -0.4 is 10.6 Å². The lowest BCUT2D eigenvalue weighted by atomic mass is 10.2. The van der Waals surface area contributed by atoms with Crippen LogP contribution in [0.5, 0.6) is 0 Å². The van der Waals surface area contributed by atoms with Gasteiger partial charge in [-0.1, -0.05) is 12.1 Å². The van der Waals surface area contributed by atoms with Gasteiger partial charge in [-0.3, -0.25) is 14.4 Å². The van der Waals surface area contributed by atoms with Crippen molar-refractivity contribution in [2.45, 2.75) is 23.0 Å². The third kappa shape index (κ3) is 5.54. The number of hydrogen-bond acceptors (Lipinski definition) is 6. The minimum Gasteiger partial charge on any atom is -0.456 e. The van der Waals surface area contributed by atoms with E-state index in [0.717, 1.165) is 10.6 Å². The number of benzene rings is 1. The number of rotatable bonds is 8. The van der Waals surface area contributed by atoms with Gasteiger partial charge in [0.25, 0.3) is 5.91 Å². The molecule has 1 atom stereocenters. The van der Waals surface area contributed by atoms with Crippen molar-refractivity contribution in [1.82, 2.24) is 5.32 Å². The van der Waals surface area contributed by atoms with Crippen LogP contribution in [0.2, 0.25) is 0 Å². The highest BCUT2D eigenvalue weighted by Crippen LogP contribution is 2.36. The molecule has 1 aliphatic heterocycles. The molecule has 0 radical (unpaired) electrons. The number of nitrogens with one attached hydrogen (secondary N) is 2. The van der Waals surface area contributed by atoms with E-state index in [2.05, 4.69) is 10.6 Å². The minimum absolute atomic E-state index is 0.0816. The van der Waals surface area contributed by atoms with Crippen molar-refractivity contribution in [2.24, 2.45) is 0 Å². The second-order valence-corrected chi connectivity index (χ2v) is 6.40. The van der Waals surface area contributed by atoms with Crippen LogP contribution in [-0.4, -0.2) is 49.9 Å². The highest BCUT2D eigenvalue weighted by Gasteiger charge is 2.29. The van der Waals surface area contributed by atoms with Gasteiger partial charge in [0.2, 0.25) is 5.91 Å². The first-order chi connectivity index (χ1) is 11.6. The maximum Gasteiger partial charge on any atom is 0.307 e. The summed E-state index contributed by atoms with van der Waals surface area (Å²) in [6, 6.07) is 7.39. The molecule has 1 aliphatic rings. The lowest BCUT2D eigenvalue weighted by Gasteiger charge is -2.23. The van der Waals surface area contributed by atoms with E-state index in [9.17, 15) is 14.4 Å². The van der Waals surface area contributed by atoms with E-state index < -0.39 is 11.2 Å². The zero-order valence-electron chi connectivity index (χ0n) is 13.4. The molecule has 0 aromatic heterocycles. The number of fused-ring (bicyclic) bond motifs is 1. The third-order valence-electron chi connectivity index (χ3n) is 3.27. The molecule has 130 valence electrons. The molecule has 0 saturated heterocycles. The lowest BCUT2D eigenvalue weighted by Crippen LogP contribution is -2.33. The van der Waals surface area contributed by atoms with Gasteiger partial charge < -0.3 is 20.1 Å². The molecule has 0 aliphatic carbocycles. The first kappa shape index (κ1) is 18.3. The molecule has 1 heterocycles. The number of thioether (sulfide) groups is 1. The summed E-state index contributed by atoms with van der Waals surface area (Å²) < 4.78 is 9.79. The van der Waals surface area contributed by atoms with Crippen molar-refractivity contribution in [1.29, 1.82) is 0 Å². The smallest absolute Gasteiger partial charge is 0.307 e. The molecule has 0 spiro atoms. The molecule has 0 saturated carbocycles. The number of hydrogen-bond donors (Lipinski definition) is 2. The number of esters is 1. The molecular formula is C16H20N2O5S. The Kier molecular flexibility index (Phi) is 7.07. The number of anilines is 1. The summed E-state index contributed by atoms with van der Waals surface area (Å²) in [6.07, 6.45) is 0.607. The highest BCUT2D eigenvalue weighted by atomic mass is 32.2. The maximum atomic E-state index is 12.0. The van der Waals surface area contributed by atoms with E-state index in [1.54, 1.807) is 7.11 Å². The van der Waals surface area contributed by atoms with E-state index in [1.165, 1.54) is 11.8 Å². The van der Waals surface area contributed by atoms with Gasteiger partial charge in [0.1, 0.15) is 0 Å².